The molecule has 2 aromatic rings. The van der Waals surface area contributed by atoms with E-state index in [1.165, 1.54) is 5.56 Å². The van der Waals surface area contributed by atoms with Crippen molar-refractivity contribution in [3.8, 4) is 0 Å². The van der Waals surface area contributed by atoms with Gasteiger partial charge >= 0.3 is 0 Å². The quantitative estimate of drug-likeness (QED) is 0.664. The molecule has 0 radical (unpaired) electrons. The second-order valence-corrected chi connectivity index (χ2v) is 9.24. The summed E-state index contributed by atoms with van der Waals surface area (Å²) < 4.78 is 29.2. The smallest absolute Gasteiger partial charge is 0.241 e. The van der Waals surface area contributed by atoms with E-state index in [2.05, 4.69) is 48.7 Å². The van der Waals surface area contributed by atoms with Gasteiger partial charge in [0, 0.05) is 21.5 Å². The van der Waals surface area contributed by atoms with Crippen molar-refractivity contribution in [2.24, 2.45) is 0 Å². The number of benzene rings is 2. The average Bonchev–Trinajstić information content (AvgIpc) is 2.54. The molecule has 0 fully saturated rings. The van der Waals surface area contributed by atoms with Gasteiger partial charge in [-0.25, -0.2) is 13.1 Å². The molecule has 1 unspecified atom stereocenters. The van der Waals surface area contributed by atoms with Gasteiger partial charge in [0.1, 0.15) is 0 Å². The third-order valence-electron chi connectivity index (χ3n) is 3.74. The molecule has 0 aromatic heterocycles. The first kappa shape index (κ1) is 19.6. The molecule has 130 valence electrons. The number of hydrogen-bond donors (Lipinski definition) is 1. The van der Waals surface area contributed by atoms with Gasteiger partial charge in [-0.1, -0.05) is 46.3 Å². The van der Waals surface area contributed by atoms with Gasteiger partial charge in [0.25, 0.3) is 0 Å². The second kappa shape index (κ2) is 8.58. The summed E-state index contributed by atoms with van der Waals surface area (Å²) in [5.74, 6) is 0. The average molecular weight is 476 g/mol. The summed E-state index contributed by atoms with van der Waals surface area (Å²) in [6.45, 7) is 0.336. The lowest BCUT2D eigenvalue weighted by molar-refractivity contribution is 0.291. The van der Waals surface area contributed by atoms with Crippen LogP contribution in [0.3, 0.4) is 0 Å². The molecule has 2 aromatic carbocycles. The lowest BCUT2D eigenvalue weighted by atomic mass is 10.1. The minimum atomic E-state index is -3.59. The molecule has 2 rings (SSSR count). The van der Waals surface area contributed by atoms with Crippen molar-refractivity contribution in [1.82, 2.24) is 9.62 Å². The molecular formula is C17H20Br2N2O2S. The van der Waals surface area contributed by atoms with E-state index in [1.54, 1.807) is 18.2 Å². The second-order valence-electron chi connectivity index (χ2n) is 5.73. The molecule has 0 aliphatic rings. The highest BCUT2D eigenvalue weighted by Gasteiger charge is 2.21. The van der Waals surface area contributed by atoms with Gasteiger partial charge in [0.05, 0.1) is 4.90 Å². The van der Waals surface area contributed by atoms with Gasteiger partial charge in [-0.2, -0.15) is 0 Å². The van der Waals surface area contributed by atoms with Crippen molar-refractivity contribution in [1.29, 1.82) is 0 Å². The fraction of sp³-hybridized carbons (Fsp3) is 0.294. The van der Waals surface area contributed by atoms with Crippen molar-refractivity contribution < 1.29 is 8.42 Å². The largest absolute Gasteiger partial charge is 0.305 e. The first-order valence-corrected chi connectivity index (χ1v) is 10.5. The topological polar surface area (TPSA) is 49.4 Å². The van der Waals surface area contributed by atoms with Gasteiger partial charge in [-0.05, 0) is 60.2 Å². The lowest BCUT2D eigenvalue weighted by Gasteiger charge is -2.25. The summed E-state index contributed by atoms with van der Waals surface area (Å²) in [6.07, 6.45) is 0.774. The van der Waals surface area contributed by atoms with Crippen LogP contribution in [0.4, 0.5) is 0 Å². The number of sulfonamides is 1. The molecule has 1 atom stereocenters. The van der Waals surface area contributed by atoms with E-state index in [0.29, 0.717) is 11.0 Å². The third kappa shape index (κ3) is 5.39. The molecule has 0 amide bonds. The van der Waals surface area contributed by atoms with Crippen molar-refractivity contribution >= 4 is 41.9 Å². The molecule has 7 heteroatoms. The van der Waals surface area contributed by atoms with Gasteiger partial charge in [0.15, 0.2) is 0 Å². The first-order chi connectivity index (χ1) is 11.3. The maximum absolute atomic E-state index is 12.6. The van der Waals surface area contributed by atoms with E-state index in [4.69, 9.17) is 0 Å². The summed E-state index contributed by atoms with van der Waals surface area (Å²) in [4.78, 5) is 2.26. The summed E-state index contributed by atoms with van der Waals surface area (Å²) in [7, 11) is 0.323. The highest BCUT2D eigenvalue weighted by atomic mass is 79.9. The van der Waals surface area contributed by atoms with Crippen LogP contribution in [0.2, 0.25) is 0 Å². The molecule has 24 heavy (non-hydrogen) atoms. The van der Waals surface area contributed by atoms with Crippen LogP contribution in [-0.2, 0) is 16.4 Å². The maximum Gasteiger partial charge on any atom is 0.241 e. The highest BCUT2D eigenvalue weighted by Crippen LogP contribution is 2.25. The monoisotopic (exact) mass is 474 g/mol. The summed E-state index contributed by atoms with van der Waals surface area (Å²) in [5.41, 5.74) is 1.18. The molecule has 0 bridgehead atoms. The number of nitrogens with one attached hydrogen (secondary N) is 1. The van der Waals surface area contributed by atoms with Crippen LogP contribution >= 0.6 is 31.9 Å². The van der Waals surface area contributed by atoms with Gasteiger partial charge < -0.3 is 4.90 Å². The van der Waals surface area contributed by atoms with E-state index in [0.717, 1.165) is 10.9 Å². The SMILES string of the molecule is CN(C)C(CNS(=O)(=O)c1cc(Br)ccc1Br)Cc1ccccc1. The fourth-order valence-corrected chi connectivity index (χ4v) is 4.86. The Bertz CT molecular complexity index is 780. The first-order valence-electron chi connectivity index (χ1n) is 7.44. The number of nitrogens with zero attached hydrogens (tertiary/aromatic N) is 1. The number of likely N-dealkylation sites (N-methyl/N-ethyl adjacent to an activating group) is 1. The van der Waals surface area contributed by atoms with Crippen LogP contribution in [-0.4, -0.2) is 40.0 Å². The Balaban J connectivity index is 2.12. The Morgan fingerprint density at radius 3 is 2.38 bits per heavy atom. The minimum Gasteiger partial charge on any atom is -0.305 e. The third-order valence-corrected chi connectivity index (χ3v) is 6.65. The van der Waals surface area contributed by atoms with Crippen molar-refractivity contribution in [2.75, 3.05) is 20.6 Å². The van der Waals surface area contributed by atoms with Crippen molar-refractivity contribution in [3.05, 3.63) is 63.0 Å². The van der Waals surface area contributed by atoms with Crippen LogP contribution in [0.5, 0.6) is 0 Å². The molecule has 1 N–H and O–H groups in total. The predicted molar refractivity (Wildman–Crippen MR) is 105 cm³/mol. The van der Waals surface area contributed by atoms with E-state index in [9.17, 15) is 8.42 Å². The zero-order valence-corrected chi connectivity index (χ0v) is 17.5. The molecule has 0 saturated heterocycles. The molecular weight excluding hydrogens is 456 g/mol. The Morgan fingerprint density at radius 1 is 1.08 bits per heavy atom. The maximum atomic E-state index is 12.6. The summed E-state index contributed by atoms with van der Waals surface area (Å²) >= 11 is 6.62. The Labute approximate surface area is 160 Å². The van der Waals surface area contributed by atoms with Crippen molar-refractivity contribution in [2.45, 2.75) is 17.4 Å². The van der Waals surface area contributed by atoms with Crippen LogP contribution in [0.1, 0.15) is 5.56 Å². The van der Waals surface area contributed by atoms with Crippen LogP contribution < -0.4 is 4.72 Å². The van der Waals surface area contributed by atoms with Crippen LogP contribution in [0, 0.1) is 0 Å². The lowest BCUT2D eigenvalue weighted by Crippen LogP contribution is -2.41. The molecule has 0 heterocycles. The zero-order chi connectivity index (χ0) is 17.7. The number of rotatable bonds is 7. The van der Waals surface area contributed by atoms with Gasteiger partial charge in [0.2, 0.25) is 10.0 Å². The van der Waals surface area contributed by atoms with Gasteiger partial charge in [-0.15, -0.1) is 0 Å². The van der Waals surface area contributed by atoms with Gasteiger partial charge in [-0.3, -0.25) is 0 Å². The van der Waals surface area contributed by atoms with Crippen LogP contribution in [0.25, 0.3) is 0 Å². The molecule has 0 aliphatic carbocycles. The summed E-state index contributed by atoms with van der Waals surface area (Å²) in [6, 6.07) is 15.2. The highest BCUT2D eigenvalue weighted by molar-refractivity contribution is 9.11. The number of halogens is 2. The Morgan fingerprint density at radius 2 is 1.75 bits per heavy atom. The zero-order valence-electron chi connectivity index (χ0n) is 13.5. The van der Waals surface area contributed by atoms with Crippen LogP contribution in [0.15, 0.2) is 62.4 Å². The van der Waals surface area contributed by atoms with E-state index in [1.807, 2.05) is 37.2 Å². The fourth-order valence-electron chi connectivity index (χ4n) is 2.29. The summed E-state index contributed by atoms with van der Waals surface area (Å²) in [5, 5.41) is 0. The minimum absolute atomic E-state index is 0.0631. The Kier molecular flexibility index (Phi) is 7.00. The van der Waals surface area contributed by atoms with E-state index >= 15 is 0 Å². The Hall–Kier alpha value is -0.730. The molecule has 0 spiro atoms. The molecule has 0 aliphatic heterocycles. The molecule has 4 nitrogen and oxygen atoms in total. The normalized spacial score (nSPS) is 13.2. The van der Waals surface area contributed by atoms with E-state index < -0.39 is 10.0 Å². The predicted octanol–water partition coefficient (Wildman–Crippen LogP) is 3.66. The van der Waals surface area contributed by atoms with E-state index in [-0.39, 0.29) is 10.9 Å². The standard InChI is InChI=1S/C17H20Br2N2O2S/c1-21(2)15(10-13-6-4-3-5-7-13)12-20-24(22,23)17-11-14(18)8-9-16(17)19/h3-9,11,15,20H,10,12H2,1-2H3. The number of hydrogen-bond acceptors (Lipinski definition) is 3. The van der Waals surface area contributed by atoms with Crippen molar-refractivity contribution in [3.63, 3.8) is 0 Å². The molecule has 0 saturated carbocycles.